The van der Waals surface area contributed by atoms with Gasteiger partial charge in [-0.3, -0.25) is 9.59 Å². The lowest BCUT2D eigenvalue weighted by molar-refractivity contribution is 0.0711. The van der Waals surface area contributed by atoms with Crippen molar-refractivity contribution >= 4 is 16.9 Å². The van der Waals surface area contributed by atoms with Gasteiger partial charge in [-0.15, -0.1) is 0 Å². The molecule has 0 atom stereocenters. The van der Waals surface area contributed by atoms with E-state index in [0.717, 1.165) is 29.7 Å². The number of hydrogen-bond donors (Lipinski definition) is 1. The highest BCUT2D eigenvalue weighted by Crippen LogP contribution is 2.28. The number of aromatic amines is 1. The zero-order chi connectivity index (χ0) is 17.4. The summed E-state index contributed by atoms with van der Waals surface area (Å²) < 4.78 is 1.46. The number of H-pyrrole nitrogens is 1. The molecule has 6 heteroatoms. The maximum atomic E-state index is 12.6. The number of para-hydroxylation sites is 2. The molecule has 1 aliphatic heterocycles. The Bertz CT molecular complexity index is 947. The third-order valence-electron chi connectivity index (χ3n) is 4.93. The van der Waals surface area contributed by atoms with Gasteiger partial charge in [-0.2, -0.15) is 0 Å². The molecule has 1 saturated heterocycles. The molecule has 1 amide bonds. The highest BCUT2D eigenvalue weighted by Gasteiger charge is 2.26. The number of pyridine rings is 1. The molecule has 0 unspecified atom stereocenters. The molecule has 0 bridgehead atoms. The highest BCUT2D eigenvalue weighted by atomic mass is 16.2. The predicted octanol–water partition coefficient (Wildman–Crippen LogP) is 2.28. The Balaban J connectivity index is 1.46. The normalized spacial score (nSPS) is 15.6. The Labute approximate surface area is 145 Å². The number of fused-ring (bicyclic) bond motifs is 1. The van der Waals surface area contributed by atoms with E-state index in [9.17, 15) is 9.59 Å². The Morgan fingerprint density at radius 2 is 1.96 bits per heavy atom. The van der Waals surface area contributed by atoms with Crippen molar-refractivity contribution in [2.75, 3.05) is 13.1 Å². The Morgan fingerprint density at radius 3 is 2.68 bits per heavy atom. The van der Waals surface area contributed by atoms with Crippen LogP contribution in [0.2, 0.25) is 0 Å². The standard InChI is InChI=1S/C19H20N4O2/c1-22-9-6-14(12-17(22)24)19(25)23-10-7-13(8-11-23)18-20-15-4-2-3-5-16(15)21-18/h2-6,9,12-13H,7-8,10-11H2,1H3,(H,20,21). The summed E-state index contributed by atoms with van der Waals surface area (Å²) in [6.45, 7) is 1.35. The molecule has 1 aliphatic rings. The number of nitrogens with one attached hydrogen (secondary N) is 1. The quantitative estimate of drug-likeness (QED) is 0.780. The highest BCUT2D eigenvalue weighted by molar-refractivity contribution is 5.94. The van der Waals surface area contributed by atoms with Crippen molar-refractivity contribution in [1.29, 1.82) is 0 Å². The van der Waals surface area contributed by atoms with Crippen LogP contribution in [0.4, 0.5) is 0 Å². The molecule has 1 fully saturated rings. The van der Waals surface area contributed by atoms with Crippen LogP contribution in [0.25, 0.3) is 11.0 Å². The molecule has 0 aliphatic carbocycles. The SMILES string of the molecule is Cn1ccc(C(=O)N2CCC(c3nc4ccccc4[nH]3)CC2)cc1=O. The lowest BCUT2D eigenvalue weighted by Gasteiger charge is -2.31. The Kier molecular flexibility index (Phi) is 3.87. The molecule has 0 saturated carbocycles. The van der Waals surface area contributed by atoms with E-state index >= 15 is 0 Å². The Hall–Kier alpha value is -2.89. The van der Waals surface area contributed by atoms with Crippen LogP contribution in [0.5, 0.6) is 0 Å². The average Bonchev–Trinajstić information content (AvgIpc) is 3.08. The maximum Gasteiger partial charge on any atom is 0.254 e. The van der Waals surface area contributed by atoms with Crippen LogP contribution in [0.1, 0.15) is 34.9 Å². The van der Waals surface area contributed by atoms with Gasteiger partial charge in [0.05, 0.1) is 11.0 Å². The number of aromatic nitrogens is 3. The summed E-state index contributed by atoms with van der Waals surface area (Å²) in [5, 5.41) is 0. The lowest BCUT2D eigenvalue weighted by Crippen LogP contribution is -2.38. The zero-order valence-electron chi connectivity index (χ0n) is 14.1. The number of amides is 1. The molecule has 1 N–H and O–H groups in total. The number of rotatable bonds is 2. The van der Waals surface area contributed by atoms with E-state index in [-0.39, 0.29) is 11.5 Å². The second-order valence-corrected chi connectivity index (χ2v) is 6.57. The minimum Gasteiger partial charge on any atom is -0.342 e. The number of likely N-dealkylation sites (tertiary alicyclic amines) is 1. The van der Waals surface area contributed by atoms with Gasteiger partial charge in [-0.25, -0.2) is 4.98 Å². The van der Waals surface area contributed by atoms with E-state index in [1.807, 2.05) is 29.2 Å². The summed E-state index contributed by atoms with van der Waals surface area (Å²) in [4.78, 5) is 34.2. The Morgan fingerprint density at radius 1 is 1.20 bits per heavy atom. The van der Waals surface area contributed by atoms with Gasteiger partial charge >= 0.3 is 0 Å². The topological polar surface area (TPSA) is 71.0 Å². The first kappa shape index (κ1) is 15.6. The van der Waals surface area contributed by atoms with E-state index in [4.69, 9.17) is 0 Å². The third kappa shape index (κ3) is 2.95. The van der Waals surface area contributed by atoms with E-state index in [0.29, 0.717) is 24.6 Å². The summed E-state index contributed by atoms with van der Waals surface area (Å²) in [7, 11) is 1.68. The van der Waals surface area contributed by atoms with E-state index in [2.05, 4.69) is 9.97 Å². The van der Waals surface area contributed by atoms with Crippen molar-refractivity contribution < 1.29 is 4.79 Å². The lowest BCUT2D eigenvalue weighted by atomic mass is 9.95. The van der Waals surface area contributed by atoms with Gasteiger partial charge < -0.3 is 14.5 Å². The molecule has 6 nitrogen and oxygen atoms in total. The van der Waals surface area contributed by atoms with E-state index in [1.54, 1.807) is 19.3 Å². The first-order valence-electron chi connectivity index (χ1n) is 8.52. The number of carbonyl (C=O) groups is 1. The summed E-state index contributed by atoms with van der Waals surface area (Å²) >= 11 is 0. The van der Waals surface area contributed by atoms with Gasteiger partial charge in [-0.1, -0.05) is 12.1 Å². The van der Waals surface area contributed by atoms with Crippen molar-refractivity contribution in [1.82, 2.24) is 19.4 Å². The van der Waals surface area contributed by atoms with Crippen molar-refractivity contribution in [3.63, 3.8) is 0 Å². The molecule has 0 radical (unpaired) electrons. The fraction of sp³-hybridized carbons (Fsp3) is 0.316. The zero-order valence-corrected chi connectivity index (χ0v) is 14.1. The predicted molar refractivity (Wildman–Crippen MR) is 95.7 cm³/mol. The number of piperidine rings is 1. The van der Waals surface area contributed by atoms with Gasteiger partial charge in [0.1, 0.15) is 5.82 Å². The smallest absolute Gasteiger partial charge is 0.254 e. The average molecular weight is 336 g/mol. The van der Waals surface area contributed by atoms with Crippen LogP contribution >= 0.6 is 0 Å². The number of carbonyl (C=O) groups excluding carboxylic acids is 1. The maximum absolute atomic E-state index is 12.6. The molecule has 25 heavy (non-hydrogen) atoms. The van der Waals surface area contributed by atoms with Crippen LogP contribution in [-0.2, 0) is 7.05 Å². The molecule has 0 spiro atoms. The number of hydrogen-bond acceptors (Lipinski definition) is 3. The monoisotopic (exact) mass is 336 g/mol. The van der Waals surface area contributed by atoms with Crippen LogP contribution in [0.15, 0.2) is 47.4 Å². The van der Waals surface area contributed by atoms with Gasteiger partial charge in [0.2, 0.25) is 0 Å². The number of imidazole rings is 1. The molecular formula is C19H20N4O2. The summed E-state index contributed by atoms with van der Waals surface area (Å²) in [5.74, 6) is 1.27. The van der Waals surface area contributed by atoms with Crippen molar-refractivity contribution in [2.45, 2.75) is 18.8 Å². The second kappa shape index (κ2) is 6.20. The molecule has 4 rings (SSSR count). The van der Waals surface area contributed by atoms with Gasteiger partial charge in [0, 0.05) is 43.9 Å². The number of aryl methyl sites for hydroxylation is 1. The second-order valence-electron chi connectivity index (χ2n) is 6.57. The fourth-order valence-corrected chi connectivity index (χ4v) is 3.39. The fourth-order valence-electron chi connectivity index (χ4n) is 3.39. The number of benzene rings is 1. The minimum absolute atomic E-state index is 0.0687. The van der Waals surface area contributed by atoms with Crippen molar-refractivity contribution in [3.05, 3.63) is 64.3 Å². The van der Waals surface area contributed by atoms with Crippen LogP contribution in [0, 0.1) is 0 Å². The molecule has 1 aromatic carbocycles. The van der Waals surface area contributed by atoms with Gasteiger partial charge in [0.15, 0.2) is 0 Å². The molecule has 3 aromatic rings. The van der Waals surface area contributed by atoms with Crippen LogP contribution in [-0.4, -0.2) is 38.4 Å². The molecular weight excluding hydrogens is 316 g/mol. The summed E-state index contributed by atoms with van der Waals surface area (Å²) in [6.07, 6.45) is 3.38. The third-order valence-corrected chi connectivity index (χ3v) is 4.93. The summed E-state index contributed by atoms with van der Waals surface area (Å²) in [5.41, 5.74) is 2.33. The minimum atomic E-state index is -0.164. The van der Waals surface area contributed by atoms with Crippen LogP contribution < -0.4 is 5.56 Å². The van der Waals surface area contributed by atoms with Crippen LogP contribution in [0.3, 0.4) is 0 Å². The van der Waals surface area contributed by atoms with Crippen molar-refractivity contribution in [2.24, 2.45) is 7.05 Å². The molecule has 2 aromatic heterocycles. The molecule has 3 heterocycles. The largest absolute Gasteiger partial charge is 0.342 e. The van der Waals surface area contributed by atoms with Gasteiger partial charge in [0.25, 0.3) is 11.5 Å². The van der Waals surface area contributed by atoms with Gasteiger partial charge in [-0.05, 0) is 31.0 Å². The molecule has 128 valence electrons. The van der Waals surface area contributed by atoms with E-state index < -0.39 is 0 Å². The summed E-state index contributed by atoms with van der Waals surface area (Å²) in [6, 6.07) is 11.1. The number of nitrogens with zero attached hydrogens (tertiary/aromatic N) is 3. The first-order valence-corrected chi connectivity index (χ1v) is 8.52. The first-order chi connectivity index (χ1) is 12.1. The van der Waals surface area contributed by atoms with E-state index in [1.165, 1.54) is 10.6 Å². The van der Waals surface area contributed by atoms with Crippen molar-refractivity contribution in [3.8, 4) is 0 Å².